The molecule has 0 saturated carbocycles. The fourth-order valence-corrected chi connectivity index (χ4v) is 5.73. The summed E-state index contributed by atoms with van der Waals surface area (Å²) >= 11 is 0. The lowest BCUT2D eigenvalue weighted by molar-refractivity contribution is -0.146. The Bertz CT molecular complexity index is 1900. The monoisotopic (exact) mass is 684 g/mol. The lowest BCUT2D eigenvalue weighted by atomic mass is 9.95. The number of carbonyl (C=O) groups excluding carboxylic acids is 3. The minimum Gasteiger partial charge on any atom is -0.479 e. The van der Waals surface area contributed by atoms with E-state index >= 15 is 0 Å². The fraction of sp³-hybridized carbons (Fsp3) is 0.314. The minimum absolute atomic E-state index is 0.00353. The second-order valence-corrected chi connectivity index (χ2v) is 12.2. The largest absolute Gasteiger partial charge is 0.479 e. The molecule has 2 atom stereocenters. The summed E-state index contributed by atoms with van der Waals surface area (Å²) < 4.78 is 12.7. The molecule has 0 aliphatic carbocycles. The molecule has 15 heteroatoms. The molecule has 4 aromatic rings. The van der Waals surface area contributed by atoms with Crippen LogP contribution < -0.4 is 21.8 Å². The van der Waals surface area contributed by atoms with Gasteiger partial charge in [0.25, 0.3) is 11.1 Å². The SMILES string of the molecule is CC(=O)C1(C)CCc2ncc(NC(=O)OCc3ccccc3)c(=O)n21.CC1(C(=O)O)CCc2ncc(NC(=O)OCc3ccccc3)c(=O)n21. The third-order valence-corrected chi connectivity index (χ3v) is 8.84. The second-order valence-electron chi connectivity index (χ2n) is 12.2. The van der Waals surface area contributed by atoms with Gasteiger partial charge in [0.1, 0.15) is 47.3 Å². The molecule has 2 aliphatic heterocycles. The zero-order valence-electron chi connectivity index (χ0n) is 27.7. The molecule has 50 heavy (non-hydrogen) atoms. The van der Waals surface area contributed by atoms with Gasteiger partial charge in [-0.1, -0.05) is 60.7 Å². The predicted molar refractivity (Wildman–Crippen MR) is 180 cm³/mol. The highest BCUT2D eigenvalue weighted by molar-refractivity contribution is 5.86. The van der Waals surface area contributed by atoms with Gasteiger partial charge in [0.05, 0.1) is 12.4 Å². The van der Waals surface area contributed by atoms with Crippen LogP contribution in [0.3, 0.4) is 0 Å². The van der Waals surface area contributed by atoms with E-state index in [-0.39, 0.29) is 36.8 Å². The molecule has 2 aromatic carbocycles. The van der Waals surface area contributed by atoms with Crippen LogP contribution >= 0.6 is 0 Å². The second kappa shape index (κ2) is 14.6. The van der Waals surface area contributed by atoms with Gasteiger partial charge in [-0.25, -0.2) is 24.4 Å². The van der Waals surface area contributed by atoms with Crippen LogP contribution in [0.15, 0.2) is 82.6 Å². The summed E-state index contributed by atoms with van der Waals surface area (Å²) in [5.41, 5.74) is -1.82. The molecule has 0 spiro atoms. The van der Waals surface area contributed by atoms with Gasteiger partial charge in [-0.05, 0) is 44.7 Å². The van der Waals surface area contributed by atoms with Crippen molar-refractivity contribution in [3.05, 3.63) is 117 Å². The first-order chi connectivity index (χ1) is 23.8. The Morgan fingerprint density at radius 1 is 0.720 bits per heavy atom. The fourth-order valence-electron chi connectivity index (χ4n) is 5.73. The first-order valence-electron chi connectivity index (χ1n) is 15.8. The number of benzene rings is 2. The maximum absolute atomic E-state index is 12.7. The van der Waals surface area contributed by atoms with Crippen LogP contribution in [0.1, 0.15) is 56.4 Å². The van der Waals surface area contributed by atoms with Crippen molar-refractivity contribution < 1.29 is 33.8 Å². The Kier molecular flexibility index (Phi) is 10.2. The number of Topliss-reactive ketones (excluding diaryl/α,β-unsaturated/α-hetero) is 1. The highest BCUT2D eigenvalue weighted by atomic mass is 16.6. The third kappa shape index (κ3) is 7.31. The Labute approximate surface area is 285 Å². The van der Waals surface area contributed by atoms with Crippen LogP contribution in [0.5, 0.6) is 0 Å². The van der Waals surface area contributed by atoms with Gasteiger partial charge < -0.3 is 14.6 Å². The number of rotatable bonds is 8. The van der Waals surface area contributed by atoms with Crippen molar-refractivity contribution in [3.63, 3.8) is 0 Å². The van der Waals surface area contributed by atoms with Crippen molar-refractivity contribution in [1.29, 1.82) is 0 Å². The molecule has 260 valence electrons. The number of nitrogens with one attached hydrogen (secondary N) is 2. The van der Waals surface area contributed by atoms with Gasteiger partial charge in [-0.2, -0.15) is 0 Å². The number of nitrogens with zero attached hydrogens (tertiary/aromatic N) is 4. The van der Waals surface area contributed by atoms with E-state index in [0.29, 0.717) is 30.9 Å². The first-order valence-corrected chi connectivity index (χ1v) is 15.8. The quantitative estimate of drug-likeness (QED) is 0.242. The van der Waals surface area contributed by atoms with Crippen LogP contribution in [0, 0.1) is 0 Å². The standard InChI is InChI=1S/C18H19N3O4.C17H17N3O5/c1-12(22)18(2)9-8-15-19-10-14(16(23)21(15)18)20-17(24)25-11-13-6-4-3-5-7-13;1-17(15(22)23)8-7-13-18-9-12(14(21)20(13)17)19-16(24)25-10-11-5-3-2-4-6-11/h3-7,10H,8-9,11H2,1-2H3,(H,20,24);2-6,9H,7-8,10H2,1H3,(H,19,24)(H,22,23). The number of amides is 2. The summed E-state index contributed by atoms with van der Waals surface area (Å²) in [4.78, 5) is 81.0. The molecule has 3 N–H and O–H groups in total. The first kappa shape index (κ1) is 35.2. The van der Waals surface area contributed by atoms with Crippen LogP contribution in [-0.4, -0.2) is 48.1 Å². The lowest BCUT2D eigenvalue weighted by Gasteiger charge is -2.24. The number of ether oxygens (including phenoxy) is 2. The van der Waals surface area contributed by atoms with E-state index in [1.807, 2.05) is 48.5 Å². The van der Waals surface area contributed by atoms with E-state index in [4.69, 9.17) is 9.47 Å². The molecule has 2 unspecified atom stereocenters. The number of anilines is 2. The topological polar surface area (TPSA) is 201 Å². The molecule has 0 saturated heterocycles. The van der Waals surface area contributed by atoms with Gasteiger partial charge in [0.15, 0.2) is 5.78 Å². The zero-order chi connectivity index (χ0) is 36.1. The van der Waals surface area contributed by atoms with Crippen molar-refractivity contribution in [1.82, 2.24) is 19.1 Å². The smallest absolute Gasteiger partial charge is 0.412 e. The molecule has 15 nitrogen and oxygen atoms in total. The van der Waals surface area contributed by atoms with E-state index < -0.39 is 40.4 Å². The number of hydrogen-bond acceptors (Lipinski definition) is 10. The number of ketones is 1. The average Bonchev–Trinajstić information content (AvgIpc) is 3.65. The molecular formula is C35H36N6O9. The number of aliphatic carboxylic acids is 1. The van der Waals surface area contributed by atoms with Gasteiger partial charge in [0, 0.05) is 12.8 Å². The molecule has 6 rings (SSSR count). The van der Waals surface area contributed by atoms with Crippen LogP contribution in [0.2, 0.25) is 0 Å². The summed E-state index contributed by atoms with van der Waals surface area (Å²) in [7, 11) is 0. The highest BCUT2D eigenvalue weighted by Gasteiger charge is 2.43. The molecule has 0 radical (unpaired) electrons. The Hall–Kier alpha value is -6.12. The molecular weight excluding hydrogens is 648 g/mol. The zero-order valence-corrected chi connectivity index (χ0v) is 27.7. The average molecular weight is 685 g/mol. The van der Waals surface area contributed by atoms with Crippen molar-refractivity contribution in [2.75, 3.05) is 10.6 Å². The molecule has 0 bridgehead atoms. The molecule has 4 heterocycles. The lowest BCUT2D eigenvalue weighted by Crippen LogP contribution is -2.43. The highest BCUT2D eigenvalue weighted by Crippen LogP contribution is 2.31. The molecule has 2 aromatic heterocycles. The summed E-state index contributed by atoms with van der Waals surface area (Å²) in [6.45, 7) is 4.78. The summed E-state index contributed by atoms with van der Waals surface area (Å²) in [6.07, 6.45) is 2.71. The van der Waals surface area contributed by atoms with Gasteiger partial charge in [-0.15, -0.1) is 0 Å². The van der Waals surface area contributed by atoms with E-state index in [1.165, 1.54) is 30.8 Å². The number of carboxylic acids is 1. The molecule has 2 aliphatic rings. The summed E-state index contributed by atoms with van der Waals surface area (Å²) in [5, 5.41) is 14.2. The van der Waals surface area contributed by atoms with Crippen LogP contribution in [-0.2, 0) is 56.2 Å². The maximum Gasteiger partial charge on any atom is 0.412 e. The third-order valence-electron chi connectivity index (χ3n) is 8.84. The van der Waals surface area contributed by atoms with Crippen molar-refractivity contribution in [2.24, 2.45) is 0 Å². The minimum atomic E-state index is -1.37. The van der Waals surface area contributed by atoms with E-state index in [2.05, 4.69) is 20.6 Å². The Balaban J connectivity index is 0.000000194. The number of carboxylic acid groups (broad SMARTS) is 1. The summed E-state index contributed by atoms with van der Waals surface area (Å²) in [6, 6.07) is 18.3. The van der Waals surface area contributed by atoms with Crippen molar-refractivity contribution in [2.45, 2.75) is 70.7 Å². The summed E-state index contributed by atoms with van der Waals surface area (Å²) in [5.74, 6) is -0.290. The van der Waals surface area contributed by atoms with E-state index in [1.54, 1.807) is 19.1 Å². The van der Waals surface area contributed by atoms with Crippen molar-refractivity contribution >= 4 is 35.3 Å². The normalized spacial score (nSPS) is 18.5. The maximum atomic E-state index is 12.7. The number of aromatic nitrogens is 4. The Morgan fingerprint density at radius 2 is 1.12 bits per heavy atom. The van der Waals surface area contributed by atoms with Gasteiger partial charge in [-0.3, -0.25) is 34.2 Å². The van der Waals surface area contributed by atoms with E-state index in [9.17, 15) is 33.9 Å². The number of hydrogen-bond donors (Lipinski definition) is 3. The van der Waals surface area contributed by atoms with Crippen LogP contribution in [0.25, 0.3) is 0 Å². The van der Waals surface area contributed by atoms with Crippen LogP contribution in [0.4, 0.5) is 21.0 Å². The number of carbonyl (C=O) groups is 4. The van der Waals surface area contributed by atoms with Crippen molar-refractivity contribution in [3.8, 4) is 0 Å². The van der Waals surface area contributed by atoms with Gasteiger partial charge in [0.2, 0.25) is 0 Å². The van der Waals surface area contributed by atoms with E-state index in [0.717, 1.165) is 15.7 Å². The number of aryl methyl sites for hydroxylation is 2. The predicted octanol–water partition coefficient (Wildman–Crippen LogP) is 3.98. The van der Waals surface area contributed by atoms with Gasteiger partial charge >= 0.3 is 18.2 Å². The molecule has 2 amide bonds. The number of fused-ring (bicyclic) bond motifs is 2. The Morgan fingerprint density at radius 3 is 1.52 bits per heavy atom. The molecule has 0 fully saturated rings.